The van der Waals surface area contributed by atoms with E-state index in [4.69, 9.17) is 0 Å². The van der Waals surface area contributed by atoms with Crippen molar-refractivity contribution in [2.45, 2.75) is 45.3 Å². The highest BCUT2D eigenvalue weighted by Gasteiger charge is 2.28. The van der Waals surface area contributed by atoms with Crippen LogP contribution in [0, 0.1) is 17.1 Å². The summed E-state index contributed by atoms with van der Waals surface area (Å²) in [6.45, 7) is 5.35. The van der Waals surface area contributed by atoms with E-state index in [2.05, 4.69) is 23.0 Å². The summed E-state index contributed by atoms with van der Waals surface area (Å²) in [6.07, 6.45) is 1.62. The minimum atomic E-state index is -0.407. The van der Waals surface area contributed by atoms with Crippen molar-refractivity contribution in [3.05, 3.63) is 57.0 Å². The summed E-state index contributed by atoms with van der Waals surface area (Å²) in [7, 11) is 2.06. The molecule has 1 aliphatic heterocycles. The summed E-state index contributed by atoms with van der Waals surface area (Å²) in [5.74, 6) is -0.407. The van der Waals surface area contributed by atoms with Crippen molar-refractivity contribution in [2.24, 2.45) is 0 Å². The van der Waals surface area contributed by atoms with E-state index in [0.717, 1.165) is 25.9 Å². The van der Waals surface area contributed by atoms with Crippen molar-refractivity contribution >= 4 is 32.8 Å². The smallest absolute Gasteiger partial charge is 0.199 e. The van der Waals surface area contributed by atoms with E-state index in [0.29, 0.717) is 38.6 Å². The molecule has 0 spiro atoms. The number of nitrogens with one attached hydrogen (secondary N) is 1. The molecule has 2 aromatic heterocycles. The van der Waals surface area contributed by atoms with Crippen molar-refractivity contribution in [3.8, 4) is 6.07 Å². The third-order valence-corrected chi connectivity index (χ3v) is 7.04. The third kappa shape index (κ3) is 3.25. The molecule has 1 fully saturated rings. The van der Waals surface area contributed by atoms with Crippen LogP contribution in [0.25, 0.3) is 32.8 Å². The second kappa shape index (κ2) is 7.98. The number of aliphatic hydroxyl groups is 1. The maximum absolute atomic E-state index is 16.4. The van der Waals surface area contributed by atoms with Gasteiger partial charge in [-0.05, 0) is 82.1 Å². The first-order valence-electron chi connectivity index (χ1n) is 11.4. The number of rotatable bonds is 3. The van der Waals surface area contributed by atoms with Gasteiger partial charge >= 0.3 is 0 Å². The van der Waals surface area contributed by atoms with Gasteiger partial charge in [0.2, 0.25) is 0 Å². The van der Waals surface area contributed by atoms with E-state index in [9.17, 15) is 15.2 Å². The van der Waals surface area contributed by atoms with E-state index in [1.807, 2.05) is 18.4 Å². The molecule has 0 unspecified atom stereocenters. The maximum atomic E-state index is 16.4. The van der Waals surface area contributed by atoms with Gasteiger partial charge in [0.1, 0.15) is 5.65 Å². The molecular weight excluding hydrogens is 419 g/mol. The topological polar surface area (TPSA) is 85.0 Å². The van der Waals surface area contributed by atoms with Gasteiger partial charge in [-0.3, -0.25) is 4.79 Å². The Balaban J connectivity index is 1.92. The summed E-state index contributed by atoms with van der Waals surface area (Å²) in [4.78, 5) is 19.2. The lowest BCUT2D eigenvalue weighted by atomic mass is 9.85. The van der Waals surface area contributed by atoms with Crippen LogP contribution in [0.4, 0.5) is 4.39 Å². The number of hydrogen-bond acceptors (Lipinski definition) is 4. The zero-order chi connectivity index (χ0) is 23.4. The van der Waals surface area contributed by atoms with Crippen molar-refractivity contribution in [3.63, 3.8) is 0 Å². The van der Waals surface area contributed by atoms with E-state index < -0.39 is 5.82 Å². The molecule has 0 aliphatic carbocycles. The molecule has 0 amide bonds. The average molecular weight is 447 g/mol. The minimum Gasteiger partial charge on any atom is -0.392 e. The van der Waals surface area contributed by atoms with Crippen LogP contribution in [0.1, 0.15) is 55.3 Å². The number of H-pyrrole nitrogens is 1. The summed E-state index contributed by atoms with van der Waals surface area (Å²) in [6, 6.07) is 8.85. The fourth-order valence-electron chi connectivity index (χ4n) is 5.41. The van der Waals surface area contributed by atoms with Crippen molar-refractivity contribution in [1.29, 1.82) is 5.26 Å². The minimum absolute atomic E-state index is 0.0000575. The van der Waals surface area contributed by atoms with Crippen LogP contribution in [0.5, 0.6) is 0 Å². The number of piperidine rings is 1. The third-order valence-electron chi connectivity index (χ3n) is 7.04. The quantitative estimate of drug-likeness (QED) is 0.484. The Kier molecular flexibility index (Phi) is 5.23. The number of pyridine rings is 1. The molecule has 4 aromatic rings. The summed E-state index contributed by atoms with van der Waals surface area (Å²) < 4.78 is 18.2. The Morgan fingerprint density at radius 3 is 2.61 bits per heavy atom. The van der Waals surface area contributed by atoms with Gasteiger partial charge in [0.25, 0.3) is 0 Å². The van der Waals surface area contributed by atoms with Crippen molar-refractivity contribution in [2.75, 3.05) is 20.1 Å². The number of nitriles is 1. The zero-order valence-electron chi connectivity index (χ0n) is 19.1. The fourth-order valence-corrected chi connectivity index (χ4v) is 5.41. The SMILES string of the molecule is CC(C)n1c2[nH]c3cc(C#N)ccc3c2c(=O)c2cc(CO)c(C3CCN(C)CC3)c(F)c21. The second-order valence-electron chi connectivity index (χ2n) is 9.41. The number of aliphatic hydroxyl groups excluding tert-OH is 1. The van der Waals surface area contributed by atoms with Gasteiger partial charge in [-0.15, -0.1) is 0 Å². The van der Waals surface area contributed by atoms with Gasteiger partial charge in [-0.2, -0.15) is 5.26 Å². The van der Waals surface area contributed by atoms with Crippen LogP contribution < -0.4 is 5.43 Å². The molecule has 1 saturated heterocycles. The van der Waals surface area contributed by atoms with Gasteiger partial charge in [-0.25, -0.2) is 4.39 Å². The summed E-state index contributed by atoms with van der Waals surface area (Å²) in [5, 5.41) is 20.9. The van der Waals surface area contributed by atoms with Crippen molar-refractivity contribution in [1.82, 2.24) is 14.5 Å². The monoisotopic (exact) mass is 446 g/mol. The largest absolute Gasteiger partial charge is 0.392 e. The molecule has 1 aliphatic rings. The first-order valence-corrected chi connectivity index (χ1v) is 11.4. The molecule has 2 aromatic carbocycles. The van der Waals surface area contributed by atoms with Gasteiger partial charge < -0.3 is 19.6 Å². The number of nitrogens with zero attached hydrogens (tertiary/aromatic N) is 3. The van der Waals surface area contributed by atoms with Gasteiger partial charge in [-0.1, -0.05) is 6.07 Å². The molecule has 7 heteroatoms. The van der Waals surface area contributed by atoms with Crippen LogP contribution in [-0.2, 0) is 6.61 Å². The Morgan fingerprint density at radius 1 is 1.24 bits per heavy atom. The van der Waals surface area contributed by atoms with Crippen LogP contribution in [0.3, 0.4) is 0 Å². The lowest BCUT2D eigenvalue weighted by Gasteiger charge is -2.31. The zero-order valence-corrected chi connectivity index (χ0v) is 19.1. The molecule has 33 heavy (non-hydrogen) atoms. The van der Waals surface area contributed by atoms with E-state index in [-0.39, 0.29) is 34.9 Å². The Labute approximate surface area is 190 Å². The van der Waals surface area contributed by atoms with Gasteiger partial charge in [0.15, 0.2) is 11.2 Å². The molecule has 0 atom stereocenters. The lowest BCUT2D eigenvalue weighted by molar-refractivity contribution is 0.246. The van der Waals surface area contributed by atoms with Crippen LogP contribution in [0.15, 0.2) is 29.1 Å². The Bertz CT molecular complexity index is 1500. The van der Waals surface area contributed by atoms with Crippen molar-refractivity contribution < 1.29 is 9.50 Å². The molecule has 2 N–H and O–H groups in total. The number of hydrogen-bond donors (Lipinski definition) is 2. The molecule has 3 heterocycles. The fraction of sp³-hybridized carbons (Fsp3) is 0.385. The first-order chi connectivity index (χ1) is 15.8. The summed E-state index contributed by atoms with van der Waals surface area (Å²) in [5.41, 5.74) is 2.75. The number of fused-ring (bicyclic) bond motifs is 4. The predicted octanol–water partition coefficient (Wildman–Crippen LogP) is 4.53. The van der Waals surface area contributed by atoms with E-state index in [1.54, 1.807) is 24.3 Å². The number of likely N-dealkylation sites (tertiary alicyclic amines) is 1. The van der Waals surface area contributed by atoms with Gasteiger partial charge in [0, 0.05) is 22.3 Å². The standard InChI is InChI=1S/C26H27FN4O2/c1-14(2)31-24-19(11-17(13-32)21(23(24)27)16-6-8-30(3)9-7-16)25(33)22-18-5-4-15(12-28)10-20(18)29-26(22)31/h4-5,10-11,14,16,29,32H,6-9,13H2,1-3H3. The van der Waals surface area contributed by atoms with E-state index in [1.165, 1.54) is 0 Å². The molecule has 0 radical (unpaired) electrons. The maximum Gasteiger partial charge on any atom is 0.199 e. The highest BCUT2D eigenvalue weighted by atomic mass is 19.1. The van der Waals surface area contributed by atoms with E-state index >= 15 is 4.39 Å². The highest BCUT2D eigenvalue weighted by Crippen LogP contribution is 2.38. The Hall–Kier alpha value is -3.21. The molecular formula is C26H27FN4O2. The normalized spacial score (nSPS) is 15.8. The number of aromatic nitrogens is 2. The van der Waals surface area contributed by atoms with Crippen LogP contribution >= 0.6 is 0 Å². The highest BCUT2D eigenvalue weighted by molar-refractivity contribution is 6.10. The number of aromatic amines is 1. The number of benzene rings is 2. The molecule has 6 nitrogen and oxygen atoms in total. The first kappa shape index (κ1) is 21.6. The predicted molar refractivity (Wildman–Crippen MR) is 128 cm³/mol. The average Bonchev–Trinajstić information content (AvgIpc) is 3.18. The Morgan fingerprint density at radius 2 is 1.97 bits per heavy atom. The van der Waals surface area contributed by atoms with Crippen LogP contribution in [-0.4, -0.2) is 39.7 Å². The molecule has 0 saturated carbocycles. The number of halogens is 1. The lowest BCUT2D eigenvalue weighted by Crippen LogP contribution is -2.30. The second-order valence-corrected chi connectivity index (χ2v) is 9.41. The molecule has 170 valence electrons. The summed E-state index contributed by atoms with van der Waals surface area (Å²) >= 11 is 0. The van der Waals surface area contributed by atoms with Crippen LogP contribution in [0.2, 0.25) is 0 Å². The van der Waals surface area contributed by atoms with Gasteiger partial charge in [0.05, 0.1) is 29.1 Å². The molecule has 0 bridgehead atoms. The molecule has 5 rings (SSSR count).